The summed E-state index contributed by atoms with van der Waals surface area (Å²) in [6, 6.07) is 4.35. The van der Waals surface area contributed by atoms with Crippen molar-refractivity contribution in [1.29, 1.82) is 0 Å². The van der Waals surface area contributed by atoms with E-state index in [2.05, 4.69) is 37.2 Å². The number of nitrogens with zero attached hydrogens (tertiary/aromatic N) is 1. The predicted molar refractivity (Wildman–Crippen MR) is 96.8 cm³/mol. The second-order valence-corrected chi connectivity index (χ2v) is 8.26. The number of benzene rings is 1. The average molecular weight is 450 g/mol. The van der Waals surface area contributed by atoms with Gasteiger partial charge in [-0.1, -0.05) is 0 Å². The van der Waals surface area contributed by atoms with E-state index in [1.165, 1.54) is 0 Å². The van der Waals surface area contributed by atoms with Crippen LogP contribution in [0.15, 0.2) is 21.1 Å². The molecule has 1 N–H and O–H groups in total. The number of nitrogens with one attached hydrogen (secondary N) is 1. The lowest BCUT2D eigenvalue weighted by molar-refractivity contribution is 0.00518. The van der Waals surface area contributed by atoms with Crippen molar-refractivity contribution in [3.8, 4) is 5.75 Å². The number of rotatable bonds is 4. The molecule has 0 aromatic heterocycles. The summed E-state index contributed by atoms with van der Waals surface area (Å²) >= 11 is 7.00. The molecule has 1 aromatic rings. The Balaban J connectivity index is 1.80. The van der Waals surface area contributed by atoms with Crippen molar-refractivity contribution in [2.45, 2.75) is 39.0 Å². The van der Waals surface area contributed by atoms with Crippen LogP contribution in [-0.4, -0.2) is 42.8 Å². The maximum absolute atomic E-state index is 11.9. The third-order valence-electron chi connectivity index (χ3n) is 3.39. The first-order chi connectivity index (χ1) is 10.7. The number of hydrogen-bond acceptors (Lipinski definition) is 4. The normalized spacial score (nSPS) is 15.3. The Morgan fingerprint density at radius 1 is 1.30 bits per heavy atom. The van der Waals surface area contributed by atoms with Crippen LogP contribution in [0.5, 0.6) is 5.75 Å². The van der Waals surface area contributed by atoms with Crippen LogP contribution in [0, 0.1) is 0 Å². The number of carbonyl (C=O) groups excluding carboxylic acids is 1. The minimum absolute atomic E-state index is 0.245. The second-order valence-electron chi connectivity index (χ2n) is 6.56. The SMILES string of the molecule is COc1c(Br)cc(CNC2CN(C(=O)OC(C)(C)C)C2)cc1Br. The summed E-state index contributed by atoms with van der Waals surface area (Å²) in [7, 11) is 1.64. The molecule has 1 saturated heterocycles. The Morgan fingerprint density at radius 2 is 1.87 bits per heavy atom. The van der Waals surface area contributed by atoms with Gasteiger partial charge in [-0.2, -0.15) is 0 Å². The highest BCUT2D eigenvalue weighted by molar-refractivity contribution is 9.11. The monoisotopic (exact) mass is 448 g/mol. The Bertz CT molecular complexity index is 558. The molecule has 2 rings (SSSR count). The van der Waals surface area contributed by atoms with Crippen molar-refractivity contribution in [1.82, 2.24) is 10.2 Å². The first kappa shape index (κ1) is 18.5. The highest BCUT2D eigenvalue weighted by Gasteiger charge is 2.33. The minimum atomic E-state index is -0.447. The fourth-order valence-electron chi connectivity index (χ4n) is 2.25. The summed E-state index contributed by atoms with van der Waals surface area (Å²) in [6.45, 7) is 7.70. The maximum atomic E-state index is 11.9. The van der Waals surface area contributed by atoms with E-state index in [9.17, 15) is 4.79 Å². The van der Waals surface area contributed by atoms with Gasteiger partial charge in [0.05, 0.1) is 16.1 Å². The summed E-state index contributed by atoms with van der Waals surface area (Å²) in [5.41, 5.74) is 0.692. The number of likely N-dealkylation sites (tertiary alicyclic amines) is 1. The topological polar surface area (TPSA) is 50.8 Å². The Labute approximate surface area is 154 Å². The lowest BCUT2D eigenvalue weighted by Crippen LogP contribution is -2.60. The van der Waals surface area contributed by atoms with E-state index in [4.69, 9.17) is 9.47 Å². The quantitative estimate of drug-likeness (QED) is 0.756. The lowest BCUT2D eigenvalue weighted by Gasteiger charge is -2.40. The fraction of sp³-hybridized carbons (Fsp3) is 0.562. The molecule has 1 aliphatic rings. The predicted octanol–water partition coefficient (Wildman–Crippen LogP) is 3.93. The summed E-state index contributed by atoms with van der Waals surface area (Å²) in [5, 5.41) is 3.44. The number of carbonyl (C=O) groups is 1. The van der Waals surface area contributed by atoms with E-state index in [0.29, 0.717) is 19.1 Å². The van der Waals surface area contributed by atoms with Gasteiger partial charge in [0, 0.05) is 25.7 Å². The molecular weight excluding hydrogens is 428 g/mol. The summed E-state index contributed by atoms with van der Waals surface area (Å²) < 4.78 is 12.5. The maximum Gasteiger partial charge on any atom is 0.410 e. The fourth-order valence-corrected chi connectivity index (χ4v) is 3.86. The molecule has 5 nitrogen and oxygen atoms in total. The molecule has 1 fully saturated rings. The van der Waals surface area contributed by atoms with Gasteiger partial charge in [0.15, 0.2) is 0 Å². The van der Waals surface area contributed by atoms with E-state index >= 15 is 0 Å². The van der Waals surface area contributed by atoms with Crippen LogP contribution in [0.3, 0.4) is 0 Å². The summed E-state index contributed by atoms with van der Waals surface area (Å²) in [4.78, 5) is 13.6. The molecule has 1 aliphatic heterocycles. The number of halogens is 2. The van der Waals surface area contributed by atoms with E-state index < -0.39 is 5.60 Å². The standard InChI is InChI=1S/C16H22Br2N2O3/c1-16(2,3)23-15(21)20-8-11(9-20)19-7-10-5-12(17)14(22-4)13(18)6-10/h5-6,11,19H,7-9H2,1-4H3. The molecule has 128 valence electrons. The van der Waals surface area contributed by atoms with Crippen LogP contribution >= 0.6 is 31.9 Å². The largest absolute Gasteiger partial charge is 0.494 e. The zero-order valence-corrected chi connectivity index (χ0v) is 17.0. The number of ether oxygens (including phenoxy) is 2. The van der Waals surface area contributed by atoms with Crippen LogP contribution in [0.2, 0.25) is 0 Å². The van der Waals surface area contributed by atoms with Gasteiger partial charge in [0.25, 0.3) is 0 Å². The first-order valence-electron chi connectivity index (χ1n) is 7.43. The smallest absolute Gasteiger partial charge is 0.410 e. The molecule has 1 aromatic carbocycles. The molecule has 23 heavy (non-hydrogen) atoms. The molecule has 0 aliphatic carbocycles. The van der Waals surface area contributed by atoms with Gasteiger partial charge < -0.3 is 19.7 Å². The molecule has 0 unspecified atom stereocenters. The Morgan fingerprint density at radius 3 is 2.35 bits per heavy atom. The molecule has 7 heteroatoms. The highest BCUT2D eigenvalue weighted by atomic mass is 79.9. The molecule has 0 bridgehead atoms. The van der Waals surface area contributed by atoms with E-state index in [1.54, 1.807) is 12.0 Å². The van der Waals surface area contributed by atoms with E-state index in [1.807, 2.05) is 32.9 Å². The molecule has 0 saturated carbocycles. The van der Waals surface area contributed by atoms with E-state index in [0.717, 1.165) is 26.8 Å². The van der Waals surface area contributed by atoms with Gasteiger partial charge in [0.1, 0.15) is 11.4 Å². The van der Waals surface area contributed by atoms with Gasteiger partial charge in [0.2, 0.25) is 0 Å². The average Bonchev–Trinajstić information content (AvgIpc) is 2.34. The zero-order valence-electron chi connectivity index (χ0n) is 13.8. The molecule has 0 radical (unpaired) electrons. The van der Waals surface area contributed by atoms with Gasteiger partial charge in [-0.05, 0) is 70.3 Å². The molecule has 1 heterocycles. The number of methoxy groups -OCH3 is 1. The number of hydrogen-bond donors (Lipinski definition) is 1. The molecule has 1 amide bonds. The van der Waals surface area contributed by atoms with Crippen molar-refractivity contribution in [2.24, 2.45) is 0 Å². The Kier molecular flexibility index (Phi) is 5.97. The molecule has 0 spiro atoms. The molecular formula is C16H22Br2N2O3. The van der Waals surface area contributed by atoms with Crippen molar-refractivity contribution in [3.05, 3.63) is 26.6 Å². The third kappa shape index (κ3) is 5.09. The van der Waals surface area contributed by atoms with Crippen LogP contribution in [-0.2, 0) is 11.3 Å². The third-order valence-corrected chi connectivity index (χ3v) is 4.57. The number of amides is 1. The van der Waals surface area contributed by atoms with Gasteiger partial charge >= 0.3 is 6.09 Å². The Hall–Kier alpha value is -0.790. The highest BCUT2D eigenvalue weighted by Crippen LogP contribution is 2.34. The van der Waals surface area contributed by atoms with Crippen molar-refractivity contribution in [3.63, 3.8) is 0 Å². The van der Waals surface area contributed by atoms with Gasteiger partial charge in [-0.25, -0.2) is 4.79 Å². The van der Waals surface area contributed by atoms with Crippen LogP contribution in [0.4, 0.5) is 4.79 Å². The molecule has 0 atom stereocenters. The first-order valence-corrected chi connectivity index (χ1v) is 9.01. The van der Waals surface area contributed by atoms with Crippen molar-refractivity contribution < 1.29 is 14.3 Å². The van der Waals surface area contributed by atoms with Crippen molar-refractivity contribution in [2.75, 3.05) is 20.2 Å². The second kappa shape index (κ2) is 7.40. The van der Waals surface area contributed by atoms with Crippen LogP contribution in [0.1, 0.15) is 26.3 Å². The lowest BCUT2D eigenvalue weighted by atomic mass is 10.1. The van der Waals surface area contributed by atoms with Crippen LogP contribution in [0.25, 0.3) is 0 Å². The van der Waals surface area contributed by atoms with E-state index in [-0.39, 0.29) is 6.09 Å². The van der Waals surface area contributed by atoms with Crippen LogP contribution < -0.4 is 10.1 Å². The van der Waals surface area contributed by atoms with Gasteiger partial charge in [-0.3, -0.25) is 0 Å². The summed E-state index contributed by atoms with van der Waals surface area (Å²) in [6.07, 6.45) is -0.245. The van der Waals surface area contributed by atoms with Gasteiger partial charge in [-0.15, -0.1) is 0 Å². The minimum Gasteiger partial charge on any atom is -0.494 e. The van der Waals surface area contributed by atoms with Crippen molar-refractivity contribution >= 4 is 38.0 Å². The zero-order chi connectivity index (χ0) is 17.2. The summed E-state index contributed by atoms with van der Waals surface area (Å²) in [5.74, 6) is 0.786.